The summed E-state index contributed by atoms with van der Waals surface area (Å²) in [5.41, 5.74) is 1.18. The summed E-state index contributed by atoms with van der Waals surface area (Å²) in [6.45, 7) is 6.28. The van der Waals surface area contributed by atoms with Crippen molar-refractivity contribution in [1.82, 2.24) is 0 Å². The van der Waals surface area contributed by atoms with Gasteiger partial charge in [-0.1, -0.05) is 13.0 Å². The molecule has 60 valence electrons. The van der Waals surface area contributed by atoms with Crippen molar-refractivity contribution >= 4 is 12.6 Å². The van der Waals surface area contributed by atoms with Crippen LogP contribution in [0.2, 0.25) is 0 Å². The third-order valence-corrected chi connectivity index (χ3v) is 1.64. The second-order valence-electron chi connectivity index (χ2n) is 3.25. The molecule has 1 heterocycles. The lowest BCUT2D eigenvalue weighted by atomic mass is 10.0. The average Bonchev–Trinajstić information content (AvgIpc) is 2.10. The Hall–Kier alpha value is -0.920. The minimum Gasteiger partial charge on any atom is -0.263 e. The van der Waals surface area contributed by atoms with E-state index in [4.69, 9.17) is 0 Å². The fourth-order valence-electron chi connectivity index (χ4n) is 1.03. The maximum Gasteiger partial charge on any atom is 0.110 e. The zero-order valence-corrected chi connectivity index (χ0v) is 7.33. The minimum absolute atomic E-state index is 0.0815. The van der Waals surface area contributed by atoms with Crippen molar-refractivity contribution in [1.29, 1.82) is 0 Å². The van der Waals surface area contributed by atoms with Crippen molar-refractivity contribution < 1.29 is 0 Å². The number of rotatable bonds is 1. The Morgan fingerprint density at radius 2 is 2.18 bits per heavy atom. The molecule has 2 heteroatoms. The molecule has 0 atom stereocenters. The summed E-state index contributed by atoms with van der Waals surface area (Å²) in [7, 11) is 0. The zero-order chi connectivity index (χ0) is 8.32. The fraction of sp³-hybridized carbons (Fsp3) is 0.556. The SMILES string of the molecule is CCC1=CC(C)(C)N=CN=C1. The lowest BCUT2D eigenvalue weighted by molar-refractivity contribution is 0.657. The smallest absolute Gasteiger partial charge is 0.110 e. The number of hydrogen-bond acceptors (Lipinski definition) is 2. The van der Waals surface area contributed by atoms with E-state index in [1.54, 1.807) is 6.34 Å². The lowest BCUT2D eigenvalue weighted by Crippen LogP contribution is -2.12. The molecule has 0 bridgehead atoms. The first-order valence-electron chi connectivity index (χ1n) is 3.92. The van der Waals surface area contributed by atoms with Gasteiger partial charge in [0.25, 0.3) is 0 Å². The average molecular weight is 150 g/mol. The molecule has 0 aromatic carbocycles. The van der Waals surface area contributed by atoms with Crippen LogP contribution in [-0.4, -0.2) is 18.1 Å². The van der Waals surface area contributed by atoms with E-state index in [9.17, 15) is 0 Å². The van der Waals surface area contributed by atoms with E-state index in [2.05, 4.69) is 36.8 Å². The predicted molar refractivity (Wildman–Crippen MR) is 49.4 cm³/mol. The van der Waals surface area contributed by atoms with E-state index in [0.717, 1.165) is 6.42 Å². The van der Waals surface area contributed by atoms with Crippen LogP contribution in [0.4, 0.5) is 0 Å². The van der Waals surface area contributed by atoms with Gasteiger partial charge in [-0.3, -0.25) is 4.99 Å². The molecule has 0 saturated heterocycles. The topological polar surface area (TPSA) is 24.7 Å². The minimum atomic E-state index is -0.0815. The molecule has 0 amide bonds. The molecule has 0 fully saturated rings. The van der Waals surface area contributed by atoms with Gasteiger partial charge in [-0.05, 0) is 25.8 Å². The zero-order valence-electron chi connectivity index (χ0n) is 7.33. The van der Waals surface area contributed by atoms with Crippen molar-refractivity contribution in [2.75, 3.05) is 0 Å². The normalized spacial score (nSPS) is 21.2. The van der Waals surface area contributed by atoms with Crippen molar-refractivity contribution in [3.05, 3.63) is 11.6 Å². The highest BCUT2D eigenvalue weighted by molar-refractivity contribution is 5.86. The molecule has 0 unspecified atom stereocenters. The largest absolute Gasteiger partial charge is 0.263 e. The Bertz CT molecular complexity index is 222. The molecule has 1 aliphatic rings. The van der Waals surface area contributed by atoms with E-state index in [1.165, 1.54) is 5.57 Å². The molecule has 11 heavy (non-hydrogen) atoms. The highest BCUT2D eigenvalue weighted by Crippen LogP contribution is 2.15. The standard InChI is InChI=1S/C9H14N2/c1-4-8-5-9(2,3)11-7-10-6-8/h5-7H,4H2,1-3H3. The number of hydrogen-bond donors (Lipinski definition) is 0. The molecule has 1 aliphatic heterocycles. The summed E-state index contributed by atoms with van der Waals surface area (Å²) in [5.74, 6) is 0. The van der Waals surface area contributed by atoms with Crippen LogP contribution >= 0.6 is 0 Å². The maximum atomic E-state index is 4.25. The predicted octanol–water partition coefficient (Wildman–Crippen LogP) is 2.21. The van der Waals surface area contributed by atoms with Crippen molar-refractivity contribution in [2.45, 2.75) is 32.7 Å². The first-order chi connectivity index (χ1) is 5.14. The van der Waals surface area contributed by atoms with Crippen LogP contribution in [0.5, 0.6) is 0 Å². The second-order valence-corrected chi connectivity index (χ2v) is 3.25. The van der Waals surface area contributed by atoms with Crippen molar-refractivity contribution in [3.63, 3.8) is 0 Å². The highest BCUT2D eigenvalue weighted by atomic mass is 14.9. The van der Waals surface area contributed by atoms with Crippen molar-refractivity contribution in [3.8, 4) is 0 Å². The lowest BCUT2D eigenvalue weighted by Gasteiger charge is -2.13. The Morgan fingerprint density at radius 3 is 2.82 bits per heavy atom. The molecule has 0 spiro atoms. The van der Waals surface area contributed by atoms with E-state index < -0.39 is 0 Å². The monoisotopic (exact) mass is 150 g/mol. The van der Waals surface area contributed by atoms with E-state index in [0.29, 0.717) is 0 Å². The third kappa shape index (κ3) is 2.30. The van der Waals surface area contributed by atoms with Gasteiger partial charge in [0.2, 0.25) is 0 Å². The quantitative estimate of drug-likeness (QED) is 0.547. The first-order valence-corrected chi connectivity index (χ1v) is 3.92. The van der Waals surface area contributed by atoms with Gasteiger partial charge in [0.1, 0.15) is 6.34 Å². The van der Waals surface area contributed by atoms with Crippen LogP contribution in [0, 0.1) is 0 Å². The van der Waals surface area contributed by atoms with Gasteiger partial charge in [-0.15, -0.1) is 0 Å². The van der Waals surface area contributed by atoms with Crippen LogP contribution in [0.1, 0.15) is 27.2 Å². The van der Waals surface area contributed by atoms with Crippen LogP contribution < -0.4 is 0 Å². The van der Waals surface area contributed by atoms with Gasteiger partial charge in [0.05, 0.1) is 5.54 Å². The Labute approximate surface area is 67.8 Å². The van der Waals surface area contributed by atoms with E-state index >= 15 is 0 Å². The summed E-state index contributed by atoms with van der Waals surface area (Å²) in [5, 5.41) is 0. The molecule has 2 nitrogen and oxygen atoms in total. The molecular formula is C9H14N2. The number of allylic oxidation sites excluding steroid dienone is 1. The van der Waals surface area contributed by atoms with Gasteiger partial charge in [0, 0.05) is 6.21 Å². The Kier molecular flexibility index (Phi) is 2.22. The van der Waals surface area contributed by atoms with Gasteiger partial charge >= 0.3 is 0 Å². The second kappa shape index (κ2) is 2.99. The fourth-order valence-corrected chi connectivity index (χ4v) is 1.03. The Balaban J connectivity index is 2.90. The number of aliphatic imine (C=N–C) groups is 2. The highest BCUT2D eigenvalue weighted by Gasteiger charge is 2.12. The molecule has 0 saturated carbocycles. The van der Waals surface area contributed by atoms with E-state index in [1.807, 2.05) is 6.21 Å². The molecule has 0 aliphatic carbocycles. The Morgan fingerprint density at radius 1 is 1.45 bits per heavy atom. The van der Waals surface area contributed by atoms with Gasteiger partial charge < -0.3 is 0 Å². The summed E-state index contributed by atoms with van der Waals surface area (Å²) in [4.78, 5) is 8.29. The molecule has 0 radical (unpaired) electrons. The molecule has 1 rings (SSSR count). The van der Waals surface area contributed by atoms with Gasteiger partial charge in [-0.2, -0.15) is 0 Å². The van der Waals surface area contributed by atoms with Crippen LogP contribution in [0.15, 0.2) is 21.6 Å². The molecule has 0 aromatic rings. The van der Waals surface area contributed by atoms with Crippen molar-refractivity contribution in [2.24, 2.45) is 9.98 Å². The van der Waals surface area contributed by atoms with Gasteiger partial charge in [-0.25, -0.2) is 4.99 Å². The molecular weight excluding hydrogens is 136 g/mol. The maximum absolute atomic E-state index is 4.25. The van der Waals surface area contributed by atoms with Crippen LogP contribution in [0.3, 0.4) is 0 Å². The van der Waals surface area contributed by atoms with Crippen LogP contribution in [-0.2, 0) is 0 Å². The third-order valence-electron chi connectivity index (χ3n) is 1.64. The summed E-state index contributed by atoms with van der Waals surface area (Å²) < 4.78 is 0. The molecule has 0 aromatic heterocycles. The van der Waals surface area contributed by atoms with Crippen LogP contribution in [0.25, 0.3) is 0 Å². The number of nitrogens with zero attached hydrogens (tertiary/aromatic N) is 2. The molecule has 0 N–H and O–H groups in total. The summed E-state index contributed by atoms with van der Waals surface area (Å²) in [6, 6.07) is 0. The summed E-state index contributed by atoms with van der Waals surface area (Å²) >= 11 is 0. The summed E-state index contributed by atoms with van der Waals surface area (Å²) in [6.07, 6.45) is 6.67. The first kappa shape index (κ1) is 8.18. The van der Waals surface area contributed by atoms with Gasteiger partial charge in [0.15, 0.2) is 0 Å². The van der Waals surface area contributed by atoms with E-state index in [-0.39, 0.29) is 5.54 Å².